The summed E-state index contributed by atoms with van der Waals surface area (Å²) in [6.45, 7) is 0.673. The summed E-state index contributed by atoms with van der Waals surface area (Å²) in [5.74, 6) is -1.83. The summed E-state index contributed by atoms with van der Waals surface area (Å²) >= 11 is 5.91. The Hall–Kier alpha value is -2.49. The molecular weight excluding hydrogens is 433 g/mol. The minimum Gasteiger partial charge on any atom is -0.340 e. The Kier molecular flexibility index (Phi) is 5.52. The van der Waals surface area contributed by atoms with Gasteiger partial charge in [-0.1, -0.05) is 23.7 Å². The molecule has 2 aromatic carbocycles. The van der Waals surface area contributed by atoms with Crippen LogP contribution in [0, 0.1) is 5.82 Å². The van der Waals surface area contributed by atoms with Gasteiger partial charge in [0.1, 0.15) is 5.82 Å². The minimum absolute atomic E-state index is 0.0293. The van der Waals surface area contributed by atoms with Crippen LogP contribution in [0.25, 0.3) is 0 Å². The molecule has 1 N–H and O–H groups in total. The first-order chi connectivity index (χ1) is 14.3. The zero-order chi connectivity index (χ0) is 21.5. The Morgan fingerprint density at radius 1 is 1.10 bits per heavy atom. The Bertz CT molecular complexity index is 1120. The smallest absolute Gasteiger partial charge is 0.243 e. The molecule has 2 heterocycles. The standard InChI is InChI=1S/C20H19ClFN3O4S/c21-13-2-1-3-15(10-13)30(28,29)25-8-6-24(7-9-25)20(27)17-12-19(26)23-18-11-14(22)4-5-16(17)18/h1-5,10-11,17H,6-9,12H2,(H,23,26)/t17-/m1/s1. The SMILES string of the molecule is O=C1C[C@@H](C(=O)N2CCN(S(=O)(=O)c3cccc(Cl)c3)CC2)c2ccc(F)cc2N1. The second-order valence-electron chi connectivity index (χ2n) is 7.22. The second kappa shape index (κ2) is 7.98. The summed E-state index contributed by atoms with van der Waals surface area (Å²) < 4.78 is 40.5. The molecule has 0 spiro atoms. The third-order valence-electron chi connectivity index (χ3n) is 5.34. The van der Waals surface area contributed by atoms with E-state index in [1.807, 2.05) is 0 Å². The van der Waals surface area contributed by atoms with Crippen molar-refractivity contribution in [3.8, 4) is 0 Å². The normalized spacial score (nSPS) is 19.9. The lowest BCUT2D eigenvalue weighted by Gasteiger charge is -2.36. The van der Waals surface area contributed by atoms with Gasteiger partial charge in [0.25, 0.3) is 0 Å². The average Bonchev–Trinajstić information content (AvgIpc) is 2.72. The first-order valence-corrected chi connectivity index (χ1v) is 11.2. The third-order valence-corrected chi connectivity index (χ3v) is 7.47. The summed E-state index contributed by atoms with van der Waals surface area (Å²) in [5, 5.41) is 2.92. The number of anilines is 1. The first kappa shape index (κ1) is 20.8. The molecule has 0 unspecified atom stereocenters. The predicted octanol–water partition coefficient (Wildman–Crippen LogP) is 2.44. The van der Waals surface area contributed by atoms with Crippen molar-refractivity contribution in [3.05, 3.63) is 58.9 Å². The van der Waals surface area contributed by atoms with Gasteiger partial charge in [0.05, 0.1) is 10.8 Å². The quantitative estimate of drug-likeness (QED) is 0.776. The van der Waals surface area contributed by atoms with Gasteiger partial charge in [-0.15, -0.1) is 0 Å². The van der Waals surface area contributed by atoms with Crippen LogP contribution in [0.2, 0.25) is 5.02 Å². The molecule has 10 heteroatoms. The maximum atomic E-state index is 13.5. The molecular formula is C20H19ClFN3O4S. The number of piperazine rings is 1. The molecule has 30 heavy (non-hydrogen) atoms. The maximum absolute atomic E-state index is 13.5. The fourth-order valence-corrected chi connectivity index (χ4v) is 5.53. The van der Waals surface area contributed by atoms with Crippen LogP contribution >= 0.6 is 11.6 Å². The Morgan fingerprint density at radius 2 is 1.83 bits per heavy atom. The number of amides is 2. The third kappa shape index (κ3) is 3.92. The Morgan fingerprint density at radius 3 is 2.53 bits per heavy atom. The summed E-state index contributed by atoms with van der Waals surface area (Å²) in [7, 11) is -3.72. The van der Waals surface area contributed by atoms with E-state index in [1.54, 1.807) is 17.0 Å². The molecule has 0 aromatic heterocycles. The van der Waals surface area contributed by atoms with E-state index in [1.165, 1.54) is 34.6 Å². The van der Waals surface area contributed by atoms with Crippen LogP contribution in [-0.2, 0) is 19.6 Å². The number of fused-ring (bicyclic) bond motifs is 1. The van der Waals surface area contributed by atoms with Crippen LogP contribution < -0.4 is 5.32 Å². The highest BCUT2D eigenvalue weighted by molar-refractivity contribution is 7.89. The van der Waals surface area contributed by atoms with Crippen LogP contribution in [0.5, 0.6) is 0 Å². The van der Waals surface area contributed by atoms with Crippen LogP contribution in [0.4, 0.5) is 10.1 Å². The van der Waals surface area contributed by atoms with Crippen molar-refractivity contribution in [2.45, 2.75) is 17.2 Å². The number of halogens is 2. The van der Waals surface area contributed by atoms with Crippen molar-refractivity contribution in [2.24, 2.45) is 0 Å². The lowest BCUT2D eigenvalue weighted by atomic mass is 9.89. The van der Waals surface area contributed by atoms with E-state index in [0.29, 0.717) is 16.3 Å². The summed E-state index contributed by atoms with van der Waals surface area (Å²) in [6, 6.07) is 10.0. The van der Waals surface area contributed by atoms with Crippen LogP contribution in [0.3, 0.4) is 0 Å². The predicted molar refractivity (Wildman–Crippen MR) is 109 cm³/mol. The van der Waals surface area contributed by atoms with E-state index in [0.717, 1.165) is 0 Å². The van der Waals surface area contributed by atoms with Crippen LogP contribution in [0.1, 0.15) is 17.9 Å². The van der Waals surface area contributed by atoms with E-state index in [4.69, 9.17) is 11.6 Å². The molecule has 1 saturated heterocycles. The molecule has 0 radical (unpaired) electrons. The molecule has 2 aliphatic heterocycles. The van der Waals surface area contributed by atoms with Crippen LogP contribution in [0.15, 0.2) is 47.4 Å². The van der Waals surface area contributed by atoms with Gasteiger partial charge in [-0.2, -0.15) is 4.31 Å². The number of hydrogen-bond donors (Lipinski definition) is 1. The van der Waals surface area contributed by atoms with Gasteiger partial charge >= 0.3 is 0 Å². The highest BCUT2D eigenvalue weighted by Gasteiger charge is 2.36. The zero-order valence-corrected chi connectivity index (χ0v) is 17.4. The van der Waals surface area contributed by atoms with E-state index < -0.39 is 21.8 Å². The minimum atomic E-state index is -3.72. The second-order valence-corrected chi connectivity index (χ2v) is 9.60. The highest BCUT2D eigenvalue weighted by atomic mass is 35.5. The van der Waals surface area contributed by atoms with Gasteiger partial charge in [0.15, 0.2) is 0 Å². The average molecular weight is 452 g/mol. The largest absolute Gasteiger partial charge is 0.340 e. The van der Waals surface area contributed by atoms with E-state index in [9.17, 15) is 22.4 Å². The number of benzene rings is 2. The molecule has 0 bridgehead atoms. The highest BCUT2D eigenvalue weighted by Crippen LogP contribution is 2.34. The molecule has 1 atom stereocenters. The van der Waals surface area contributed by atoms with Gasteiger partial charge in [0.2, 0.25) is 21.8 Å². The fraction of sp³-hybridized carbons (Fsp3) is 0.300. The molecule has 4 rings (SSSR count). The van der Waals surface area contributed by atoms with Crippen molar-refractivity contribution in [2.75, 3.05) is 31.5 Å². The van der Waals surface area contributed by atoms with Crippen molar-refractivity contribution in [3.63, 3.8) is 0 Å². The number of carbonyl (C=O) groups is 2. The summed E-state index contributed by atoms with van der Waals surface area (Å²) in [5.41, 5.74) is 0.863. The molecule has 2 aromatic rings. The van der Waals surface area contributed by atoms with Gasteiger partial charge in [-0.25, -0.2) is 12.8 Å². The van der Waals surface area contributed by atoms with Gasteiger partial charge < -0.3 is 10.2 Å². The number of hydrogen-bond acceptors (Lipinski definition) is 4. The van der Waals surface area contributed by atoms with E-state index in [2.05, 4.69) is 5.32 Å². The summed E-state index contributed by atoms with van der Waals surface area (Å²) in [4.78, 5) is 26.7. The Balaban J connectivity index is 1.48. The van der Waals surface area contributed by atoms with Gasteiger partial charge in [-0.3, -0.25) is 9.59 Å². The number of sulfonamides is 1. The maximum Gasteiger partial charge on any atom is 0.243 e. The zero-order valence-electron chi connectivity index (χ0n) is 15.8. The monoisotopic (exact) mass is 451 g/mol. The molecule has 0 saturated carbocycles. The van der Waals surface area contributed by atoms with Gasteiger partial charge in [0, 0.05) is 43.3 Å². The first-order valence-electron chi connectivity index (χ1n) is 9.39. The molecule has 1 fully saturated rings. The van der Waals surface area contributed by atoms with Gasteiger partial charge in [-0.05, 0) is 35.9 Å². The number of carbonyl (C=O) groups excluding carboxylic acids is 2. The summed E-state index contributed by atoms with van der Waals surface area (Å²) in [6.07, 6.45) is -0.0293. The lowest BCUT2D eigenvalue weighted by Crippen LogP contribution is -2.52. The van der Waals surface area contributed by atoms with E-state index in [-0.39, 0.29) is 49.3 Å². The van der Waals surface area contributed by atoms with Crippen molar-refractivity contribution in [1.29, 1.82) is 0 Å². The van der Waals surface area contributed by atoms with Crippen LogP contribution in [-0.4, -0.2) is 55.6 Å². The van der Waals surface area contributed by atoms with Crippen molar-refractivity contribution >= 4 is 39.1 Å². The molecule has 2 aliphatic rings. The van der Waals surface area contributed by atoms with E-state index >= 15 is 0 Å². The molecule has 7 nitrogen and oxygen atoms in total. The fourth-order valence-electron chi connectivity index (χ4n) is 3.80. The van der Waals surface area contributed by atoms with Crippen molar-refractivity contribution < 1.29 is 22.4 Å². The molecule has 2 amide bonds. The number of rotatable bonds is 3. The molecule has 158 valence electrons. The lowest BCUT2D eigenvalue weighted by molar-refractivity contribution is -0.136. The topological polar surface area (TPSA) is 86.8 Å². The Labute approximate surface area is 178 Å². The molecule has 0 aliphatic carbocycles. The van der Waals surface area contributed by atoms with Crippen molar-refractivity contribution in [1.82, 2.24) is 9.21 Å². The number of nitrogens with one attached hydrogen (secondary N) is 1. The number of nitrogens with zero attached hydrogens (tertiary/aromatic N) is 2.